The van der Waals surface area contributed by atoms with Crippen LogP contribution in [0.1, 0.15) is 12.5 Å². The number of carbonyl (C=O) groups excluding carboxylic acids is 1. The largest absolute Gasteiger partial charge is 0.325 e. The number of rotatable bonds is 7. The van der Waals surface area contributed by atoms with Gasteiger partial charge in [-0.2, -0.15) is 11.8 Å². The van der Waals surface area contributed by atoms with Crippen molar-refractivity contribution >= 4 is 35.1 Å². The molecule has 2 aromatic carbocycles. The predicted molar refractivity (Wildman–Crippen MR) is 114 cm³/mol. The molecule has 1 amide bonds. The SMILES string of the molecule is CC(Sc1ccccc1)C(=O)Nc1ccc(CCN2CCSCC2)cc1. The highest BCUT2D eigenvalue weighted by molar-refractivity contribution is 8.00. The summed E-state index contributed by atoms with van der Waals surface area (Å²) in [5.74, 6) is 2.55. The molecule has 1 aliphatic heterocycles. The maximum atomic E-state index is 12.4. The Morgan fingerprint density at radius 2 is 1.81 bits per heavy atom. The summed E-state index contributed by atoms with van der Waals surface area (Å²) < 4.78 is 0. The fraction of sp³-hybridized carbons (Fsp3) is 0.381. The van der Waals surface area contributed by atoms with Crippen molar-refractivity contribution in [3.8, 4) is 0 Å². The third kappa shape index (κ3) is 6.08. The number of anilines is 1. The number of hydrogen-bond acceptors (Lipinski definition) is 4. The standard InChI is InChI=1S/C21H26N2OS2/c1-17(26-20-5-3-2-4-6-20)21(24)22-19-9-7-18(8-10-19)11-12-23-13-15-25-16-14-23/h2-10,17H,11-16H2,1H3,(H,22,24). The maximum absolute atomic E-state index is 12.4. The molecule has 138 valence electrons. The Bertz CT molecular complexity index is 685. The van der Waals surface area contributed by atoms with Gasteiger partial charge < -0.3 is 10.2 Å². The molecule has 5 heteroatoms. The van der Waals surface area contributed by atoms with Crippen LogP contribution in [-0.2, 0) is 11.2 Å². The number of nitrogens with one attached hydrogen (secondary N) is 1. The van der Waals surface area contributed by atoms with E-state index in [9.17, 15) is 4.79 Å². The van der Waals surface area contributed by atoms with E-state index >= 15 is 0 Å². The zero-order chi connectivity index (χ0) is 18.2. The lowest BCUT2D eigenvalue weighted by Gasteiger charge is -2.26. The van der Waals surface area contributed by atoms with Crippen LogP contribution in [0.3, 0.4) is 0 Å². The molecule has 3 nitrogen and oxygen atoms in total. The Hall–Kier alpha value is -1.43. The van der Waals surface area contributed by atoms with Crippen molar-refractivity contribution in [1.29, 1.82) is 0 Å². The van der Waals surface area contributed by atoms with Crippen molar-refractivity contribution < 1.29 is 4.79 Å². The monoisotopic (exact) mass is 386 g/mol. The van der Waals surface area contributed by atoms with Crippen LogP contribution in [0.2, 0.25) is 0 Å². The van der Waals surface area contributed by atoms with Crippen LogP contribution in [0, 0.1) is 0 Å². The van der Waals surface area contributed by atoms with Crippen LogP contribution in [0.25, 0.3) is 0 Å². The highest BCUT2D eigenvalue weighted by atomic mass is 32.2. The van der Waals surface area contributed by atoms with Gasteiger partial charge in [0, 0.05) is 41.7 Å². The van der Waals surface area contributed by atoms with E-state index in [4.69, 9.17) is 0 Å². The summed E-state index contributed by atoms with van der Waals surface area (Å²) in [6, 6.07) is 18.3. The first-order valence-corrected chi connectivity index (χ1v) is 11.2. The summed E-state index contributed by atoms with van der Waals surface area (Å²) in [7, 11) is 0. The molecule has 1 fully saturated rings. The van der Waals surface area contributed by atoms with Gasteiger partial charge in [0.25, 0.3) is 0 Å². The summed E-state index contributed by atoms with van der Waals surface area (Å²) in [5, 5.41) is 2.89. The summed E-state index contributed by atoms with van der Waals surface area (Å²) in [6.45, 7) is 5.47. The van der Waals surface area contributed by atoms with Crippen LogP contribution in [0.5, 0.6) is 0 Å². The number of benzene rings is 2. The zero-order valence-corrected chi connectivity index (χ0v) is 16.8. The third-order valence-corrected chi connectivity index (χ3v) is 6.52. The van der Waals surface area contributed by atoms with Crippen LogP contribution in [0.4, 0.5) is 5.69 Å². The van der Waals surface area contributed by atoms with E-state index in [0.29, 0.717) is 0 Å². The minimum atomic E-state index is -0.131. The Kier molecular flexibility index (Phi) is 7.47. The molecule has 0 saturated carbocycles. The highest BCUT2D eigenvalue weighted by Crippen LogP contribution is 2.23. The van der Waals surface area contributed by atoms with E-state index in [-0.39, 0.29) is 11.2 Å². The van der Waals surface area contributed by atoms with Gasteiger partial charge >= 0.3 is 0 Å². The molecule has 1 N–H and O–H groups in total. The number of carbonyl (C=O) groups is 1. The first kappa shape index (κ1) is 19.3. The van der Waals surface area contributed by atoms with Crippen molar-refractivity contribution in [1.82, 2.24) is 4.90 Å². The average molecular weight is 387 g/mol. The first-order valence-electron chi connectivity index (χ1n) is 9.12. The second kappa shape index (κ2) is 10.0. The molecule has 0 radical (unpaired) electrons. The van der Waals surface area contributed by atoms with Gasteiger partial charge in [0.05, 0.1) is 5.25 Å². The number of nitrogens with zero attached hydrogens (tertiary/aromatic N) is 1. The molecule has 2 aromatic rings. The minimum Gasteiger partial charge on any atom is -0.325 e. The minimum absolute atomic E-state index is 0.0393. The summed E-state index contributed by atoms with van der Waals surface area (Å²) in [5.41, 5.74) is 2.20. The second-order valence-corrected chi connectivity index (χ2v) is 9.10. The molecule has 1 heterocycles. The molecule has 1 aliphatic rings. The van der Waals surface area contributed by atoms with E-state index in [2.05, 4.69) is 22.3 Å². The lowest BCUT2D eigenvalue weighted by molar-refractivity contribution is -0.115. The smallest absolute Gasteiger partial charge is 0.237 e. The van der Waals surface area contributed by atoms with E-state index in [1.54, 1.807) is 11.8 Å². The second-order valence-electron chi connectivity index (χ2n) is 6.46. The van der Waals surface area contributed by atoms with Gasteiger partial charge in [-0.25, -0.2) is 0 Å². The van der Waals surface area contributed by atoms with Crippen molar-refractivity contribution in [2.24, 2.45) is 0 Å². The lowest BCUT2D eigenvalue weighted by Crippen LogP contribution is -2.34. The Balaban J connectivity index is 1.46. The maximum Gasteiger partial charge on any atom is 0.237 e. The zero-order valence-electron chi connectivity index (χ0n) is 15.2. The molecule has 1 atom stereocenters. The summed E-state index contributed by atoms with van der Waals surface area (Å²) in [4.78, 5) is 16.0. The fourth-order valence-corrected chi connectivity index (χ4v) is 4.73. The molecular weight excluding hydrogens is 360 g/mol. The van der Waals surface area contributed by atoms with Gasteiger partial charge in [0.15, 0.2) is 0 Å². The first-order chi connectivity index (χ1) is 12.7. The number of thioether (sulfide) groups is 2. The average Bonchev–Trinajstić information content (AvgIpc) is 2.69. The van der Waals surface area contributed by atoms with Crippen LogP contribution in [0.15, 0.2) is 59.5 Å². The molecule has 0 aromatic heterocycles. The van der Waals surface area contributed by atoms with Crippen molar-refractivity contribution in [2.75, 3.05) is 36.5 Å². The Morgan fingerprint density at radius 1 is 1.12 bits per heavy atom. The topological polar surface area (TPSA) is 32.3 Å². The molecular formula is C21H26N2OS2. The quantitative estimate of drug-likeness (QED) is 0.715. The van der Waals surface area contributed by atoms with Crippen LogP contribution >= 0.6 is 23.5 Å². The Morgan fingerprint density at radius 3 is 2.50 bits per heavy atom. The lowest BCUT2D eigenvalue weighted by atomic mass is 10.1. The fourth-order valence-electron chi connectivity index (χ4n) is 2.87. The van der Waals surface area contributed by atoms with E-state index in [1.165, 1.54) is 30.2 Å². The van der Waals surface area contributed by atoms with E-state index < -0.39 is 0 Å². The molecule has 26 heavy (non-hydrogen) atoms. The van der Waals surface area contributed by atoms with E-state index in [1.807, 2.05) is 61.2 Å². The van der Waals surface area contributed by atoms with Gasteiger partial charge in [0.2, 0.25) is 5.91 Å². The molecule has 1 unspecified atom stereocenters. The normalized spacial score (nSPS) is 16.2. The third-order valence-electron chi connectivity index (χ3n) is 4.47. The summed E-state index contributed by atoms with van der Waals surface area (Å²) >= 11 is 3.63. The van der Waals surface area contributed by atoms with Crippen LogP contribution in [-0.4, -0.2) is 47.2 Å². The van der Waals surface area contributed by atoms with Gasteiger partial charge in [-0.05, 0) is 43.2 Å². The number of amides is 1. The molecule has 0 spiro atoms. The van der Waals surface area contributed by atoms with Crippen molar-refractivity contribution in [3.63, 3.8) is 0 Å². The Labute approximate surface area is 164 Å². The van der Waals surface area contributed by atoms with E-state index in [0.717, 1.165) is 23.5 Å². The summed E-state index contributed by atoms with van der Waals surface area (Å²) in [6.07, 6.45) is 1.07. The van der Waals surface area contributed by atoms with Gasteiger partial charge in [-0.15, -0.1) is 11.8 Å². The van der Waals surface area contributed by atoms with Crippen molar-refractivity contribution in [2.45, 2.75) is 23.5 Å². The van der Waals surface area contributed by atoms with Gasteiger partial charge in [0.1, 0.15) is 0 Å². The number of hydrogen-bond donors (Lipinski definition) is 1. The predicted octanol–water partition coefficient (Wildman–Crippen LogP) is 4.40. The van der Waals surface area contributed by atoms with Crippen molar-refractivity contribution in [3.05, 3.63) is 60.2 Å². The van der Waals surface area contributed by atoms with Gasteiger partial charge in [-0.1, -0.05) is 30.3 Å². The van der Waals surface area contributed by atoms with Gasteiger partial charge in [-0.3, -0.25) is 4.79 Å². The molecule has 0 aliphatic carbocycles. The highest BCUT2D eigenvalue weighted by Gasteiger charge is 2.14. The molecule has 3 rings (SSSR count). The molecule has 1 saturated heterocycles. The van der Waals surface area contributed by atoms with Crippen LogP contribution < -0.4 is 5.32 Å². The molecule has 0 bridgehead atoms.